The summed E-state index contributed by atoms with van der Waals surface area (Å²) in [5.74, 6) is -0.714. The van der Waals surface area contributed by atoms with Gasteiger partial charge in [-0.25, -0.2) is 4.79 Å². The Kier molecular flexibility index (Phi) is 3.39. The first kappa shape index (κ1) is 13.3. The van der Waals surface area contributed by atoms with Crippen molar-refractivity contribution in [3.8, 4) is 0 Å². The summed E-state index contributed by atoms with van der Waals surface area (Å²) in [4.78, 5) is 23.6. The summed E-state index contributed by atoms with van der Waals surface area (Å²) in [6.45, 7) is 0.348. The quantitative estimate of drug-likeness (QED) is 0.492. The Morgan fingerprint density at radius 2 is 2.21 bits per heavy atom. The monoisotopic (exact) mass is 266 g/mol. The number of ether oxygens (including phenoxy) is 1. The van der Waals surface area contributed by atoms with Crippen LogP contribution in [0.5, 0.6) is 0 Å². The molecule has 1 atom stereocenters. The molecule has 1 N–H and O–H groups in total. The Bertz CT molecular complexity index is 519. The van der Waals surface area contributed by atoms with Crippen molar-refractivity contribution in [2.24, 2.45) is 0 Å². The summed E-state index contributed by atoms with van der Waals surface area (Å²) in [7, 11) is 1.20. The lowest BCUT2D eigenvalue weighted by Gasteiger charge is -2.21. The van der Waals surface area contributed by atoms with Crippen molar-refractivity contribution in [3.05, 3.63) is 34.4 Å². The second-order valence-electron chi connectivity index (χ2n) is 4.44. The zero-order valence-electron chi connectivity index (χ0n) is 10.4. The number of esters is 1. The summed E-state index contributed by atoms with van der Waals surface area (Å²) in [5, 5.41) is 21.1. The zero-order valence-corrected chi connectivity index (χ0v) is 10.4. The van der Waals surface area contributed by atoms with Crippen LogP contribution in [0.4, 0.5) is 11.4 Å². The van der Waals surface area contributed by atoms with E-state index in [1.54, 1.807) is 23.1 Å². The van der Waals surface area contributed by atoms with Crippen LogP contribution in [-0.2, 0) is 9.53 Å². The Morgan fingerprint density at radius 1 is 1.53 bits per heavy atom. The molecule has 0 spiro atoms. The van der Waals surface area contributed by atoms with Crippen LogP contribution in [0.2, 0.25) is 0 Å². The molecule has 2 rings (SSSR count). The van der Waals surface area contributed by atoms with E-state index in [2.05, 4.69) is 4.74 Å². The highest BCUT2D eigenvalue weighted by Gasteiger charge is 2.45. The summed E-state index contributed by atoms with van der Waals surface area (Å²) < 4.78 is 4.55. The summed E-state index contributed by atoms with van der Waals surface area (Å²) in [6.07, 6.45) is 0.186. The minimum absolute atomic E-state index is 0.00940. The fraction of sp³-hybridized carbons (Fsp3) is 0.417. The fourth-order valence-corrected chi connectivity index (χ4v) is 2.24. The van der Waals surface area contributed by atoms with Crippen molar-refractivity contribution >= 4 is 17.3 Å². The molecule has 0 bridgehead atoms. The molecule has 1 aliphatic heterocycles. The van der Waals surface area contributed by atoms with Gasteiger partial charge >= 0.3 is 5.97 Å². The predicted octanol–water partition coefficient (Wildman–Crippen LogP) is 0.709. The molecule has 1 fully saturated rings. The molecule has 19 heavy (non-hydrogen) atoms. The van der Waals surface area contributed by atoms with Gasteiger partial charge in [0.1, 0.15) is 5.69 Å². The van der Waals surface area contributed by atoms with E-state index in [4.69, 9.17) is 0 Å². The van der Waals surface area contributed by atoms with Crippen LogP contribution in [-0.4, -0.2) is 41.8 Å². The lowest BCUT2D eigenvalue weighted by Crippen LogP contribution is -2.42. The number of nitro groups is 1. The van der Waals surface area contributed by atoms with Gasteiger partial charge in [0.05, 0.1) is 18.6 Å². The van der Waals surface area contributed by atoms with Crippen LogP contribution < -0.4 is 4.90 Å². The summed E-state index contributed by atoms with van der Waals surface area (Å²) in [5.41, 5.74) is -1.25. The summed E-state index contributed by atoms with van der Waals surface area (Å²) in [6, 6.07) is 6.24. The van der Waals surface area contributed by atoms with Gasteiger partial charge in [-0.2, -0.15) is 0 Å². The van der Waals surface area contributed by atoms with E-state index >= 15 is 0 Å². The highest BCUT2D eigenvalue weighted by Crippen LogP contribution is 2.33. The second-order valence-corrected chi connectivity index (χ2v) is 4.44. The third-order valence-electron chi connectivity index (χ3n) is 3.23. The zero-order chi connectivity index (χ0) is 14.0. The Hall–Kier alpha value is -2.15. The van der Waals surface area contributed by atoms with Gasteiger partial charge in [0.15, 0.2) is 5.60 Å². The van der Waals surface area contributed by atoms with Crippen molar-refractivity contribution in [2.45, 2.75) is 12.0 Å². The fourth-order valence-electron chi connectivity index (χ4n) is 2.24. The number of β-amino-alcohol motifs (C(OH)–C–C–N with tert-alkyl or cyclic N) is 1. The normalized spacial score (nSPS) is 22.3. The first-order valence-electron chi connectivity index (χ1n) is 5.77. The molecule has 1 heterocycles. The van der Waals surface area contributed by atoms with Crippen molar-refractivity contribution in [3.63, 3.8) is 0 Å². The number of hydrogen-bond acceptors (Lipinski definition) is 6. The van der Waals surface area contributed by atoms with E-state index in [0.29, 0.717) is 12.2 Å². The molecular weight excluding hydrogens is 252 g/mol. The van der Waals surface area contributed by atoms with Gasteiger partial charge in [0.25, 0.3) is 5.69 Å². The predicted molar refractivity (Wildman–Crippen MR) is 66.9 cm³/mol. The standard InChI is InChI=1S/C12H14N2O5/c1-19-11(15)12(16)6-7-13(8-12)9-4-2-3-5-10(9)14(17)18/h2-5,16H,6-8H2,1H3. The minimum Gasteiger partial charge on any atom is -0.467 e. The largest absolute Gasteiger partial charge is 0.467 e. The van der Waals surface area contributed by atoms with E-state index in [0.717, 1.165) is 0 Å². The van der Waals surface area contributed by atoms with Crippen LogP contribution in [0.3, 0.4) is 0 Å². The highest BCUT2D eigenvalue weighted by molar-refractivity contribution is 5.81. The van der Waals surface area contributed by atoms with Gasteiger partial charge < -0.3 is 14.7 Å². The van der Waals surface area contributed by atoms with E-state index in [1.807, 2.05) is 0 Å². The smallest absolute Gasteiger partial charge is 0.339 e. The highest BCUT2D eigenvalue weighted by atomic mass is 16.6. The molecule has 0 saturated carbocycles. The molecule has 0 aliphatic carbocycles. The molecule has 7 nitrogen and oxygen atoms in total. The van der Waals surface area contributed by atoms with Crippen molar-refractivity contribution in [1.29, 1.82) is 0 Å². The molecule has 0 aromatic heterocycles. The van der Waals surface area contributed by atoms with Gasteiger partial charge in [-0.1, -0.05) is 12.1 Å². The molecule has 0 amide bonds. The topological polar surface area (TPSA) is 92.9 Å². The lowest BCUT2D eigenvalue weighted by atomic mass is 10.0. The summed E-state index contributed by atoms with van der Waals surface area (Å²) >= 11 is 0. The van der Waals surface area contributed by atoms with Crippen molar-refractivity contribution in [2.75, 3.05) is 25.1 Å². The maximum atomic E-state index is 11.5. The van der Waals surface area contributed by atoms with Crippen LogP contribution in [0.15, 0.2) is 24.3 Å². The minimum atomic E-state index is -1.60. The van der Waals surface area contributed by atoms with Gasteiger partial charge in [-0.05, 0) is 6.07 Å². The lowest BCUT2D eigenvalue weighted by molar-refractivity contribution is -0.384. The maximum absolute atomic E-state index is 11.5. The molecule has 1 aromatic rings. The van der Waals surface area contributed by atoms with Crippen molar-refractivity contribution < 1.29 is 19.6 Å². The Labute approximate surface area is 109 Å². The van der Waals surface area contributed by atoms with E-state index in [-0.39, 0.29) is 18.7 Å². The number of para-hydroxylation sites is 2. The van der Waals surface area contributed by atoms with Crippen LogP contribution in [0.25, 0.3) is 0 Å². The number of benzene rings is 1. The molecule has 1 unspecified atom stereocenters. The molecular formula is C12H14N2O5. The van der Waals surface area contributed by atoms with Crippen LogP contribution >= 0.6 is 0 Å². The van der Waals surface area contributed by atoms with Crippen LogP contribution in [0.1, 0.15) is 6.42 Å². The number of carbonyl (C=O) groups excluding carboxylic acids is 1. The first-order valence-corrected chi connectivity index (χ1v) is 5.77. The second kappa shape index (κ2) is 4.85. The number of carbonyl (C=O) groups is 1. The van der Waals surface area contributed by atoms with Crippen molar-refractivity contribution in [1.82, 2.24) is 0 Å². The molecule has 1 aromatic carbocycles. The third kappa shape index (κ3) is 2.37. The maximum Gasteiger partial charge on any atom is 0.339 e. The number of nitro benzene ring substituents is 1. The number of anilines is 1. The molecule has 1 saturated heterocycles. The number of aliphatic hydroxyl groups is 1. The number of nitrogens with zero attached hydrogens (tertiary/aromatic N) is 2. The van der Waals surface area contributed by atoms with Gasteiger partial charge in [-0.15, -0.1) is 0 Å². The average molecular weight is 266 g/mol. The third-order valence-corrected chi connectivity index (χ3v) is 3.23. The van der Waals surface area contributed by atoms with E-state index in [1.165, 1.54) is 13.2 Å². The Balaban J connectivity index is 2.27. The Morgan fingerprint density at radius 3 is 2.84 bits per heavy atom. The molecule has 0 radical (unpaired) electrons. The first-order chi connectivity index (χ1) is 8.98. The van der Waals surface area contributed by atoms with E-state index in [9.17, 15) is 20.0 Å². The SMILES string of the molecule is COC(=O)C1(O)CCN(c2ccccc2[N+](=O)[O-])C1. The van der Waals surface area contributed by atoms with E-state index < -0.39 is 16.5 Å². The van der Waals surface area contributed by atoms with Gasteiger partial charge in [-0.3, -0.25) is 10.1 Å². The average Bonchev–Trinajstić information content (AvgIpc) is 2.81. The van der Waals surface area contributed by atoms with Crippen LogP contribution in [0, 0.1) is 10.1 Å². The molecule has 102 valence electrons. The molecule has 7 heteroatoms. The molecule has 1 aliphatic rings. The number of methoxy groups -OCH3 is 1. The van der Waals surface area contributed by atoms with Gasteiger partial charge in [0, 0.05) is 19.0 Å². The van der Waals surface area contributed by atoms with Gasteiger partial charge in [0.2, 0.25) is 0 Å². The number of hydrogen-bond donors (Lipinski definition) is 1. The number of rotatable bonds is 3.